The Bertz CT molecular complexity index is 940. The van der Waals surface area contributed by atoms with E-state index < -0.39 is 0 Å². The van der Waals surface area contributed by atoms with Crippen LogP contribution in [0, 0.1) is 6.92 Å². The van der Waals surface area contributed by atoms with Crippen LogP contribution in [0.3, 0.4) is 0 Å². The number of ether oxygens (including phenoxy) is 3. The summed E-state index contributed by atoms with van der Waals surface area (Å²) in [5.41, 5.74) is 7.53. The van der Waals surface area contributed by atoms with Crippen LogP contribution in [0.5, 0.6) is 17.2 Å². The van der Waals surface area contributed by atoms with Gasteiger partial charge in [-0.1, -0.05) is 24.3 Å². The lowest BCUT2D eigenvalue weighted by Gasteiger charge is -2.13. The topological polar surface area (TPSA) is 83.1 Å². The zero-order valence-electron chi connectivity index (χ0n) is 16.5. The van der Waals surface area contributed by atoms with Gasteiger partial charge >= 0.3 is 0 Å². The van der Waals surface area contributed by atoms with Gasteiger partial charge in [-0.2, -0.15) is 4.99 Å². The summed E-state index contributed by atoms with van der Waals surface area (Å²) in [5.74, 6) is 1.86. The number of rotatable bonds is 9. The first-order chi connectivity index (χ1) is 14.1. The van der Waals surface area contributed by atoms with Gasteiger partial charge in [0.15, 0.2) is 16.7 Å². The first kappa shape index (κ1) is 20.8. The summed E-state index contributed by atoms with van der Waals surface area (Å²) < 4.78 is 17.4. The maximum atomic E-state index is 11.8. The molecule has 1 amide bonds. The molecule has 2 aromatic carbocycles. The zero-order valence-corrected chi connectivity index (χ0v) is 17.3. The van der Waals surface area contributed by atoms with E-state index in [4.69, 9.17) is 19.9 Å². The highest BCUT2D eigenvalue weighted by Crippen LogP contribution is 2.32. The molecule has 0 atom stereocenters. The van der Waals surface area contributed by atoms with E-state index in [0.717, 1.165) is 35.1 Å². The minimum Gasteiger partial charge on any atom is -0.493 e. The van der Waals surface area contributed by atoms with Crippen molar-refractivity contribution in [1.29, 1.82) is 0 Å². The number of amides is 1. The molecule has 0 spiro atoms. The normalized spacial score (nSPS) is 14.8. The summed E-state index contributed by atoms with van der Waals surface area (Å²) in [7, 11) is 0. The largest absolute Gasteiger partial charge is 0.493 e. The number of aryl methyl sites for hydroxylation is 1. The Hall–Kier alpha value is -2.93. The van der Waals surface area contributed by atoms with Crippen molar-refractivity contribution in [2.75, 3.05) is 19.8 Å². The lowest BCUT2D eigenvalue weighted by atomic mass is 10.2. The van der Waals surface area contributed by atoms with Crippen LogP contribution in [0.4, 0.5) is 0 Å². The molecule has 0 fully saturated rings. The van der Waals surface area contributed by atoms with E-state index in [-0.39, 0.29) is 11.1 Å². The maximum Gasteiger partial charge on any atom is 0.286 e. The van der Waals surface area contributed by atoms with E-state index in [0.29, 0.717) is 36.2 Å². The Kier molecular flexibility index (Phi) is 7.19. The summed E-state index contributed by atoms with van der Waals surface area (Å²) in [6.07, 6.45) is 2.49. The molecule has 0 unspecified atom stereocenters. The van der Waals surface area contributed by atoms with Crippen LogP contribution in [0.25, 0.3) is 6.08 Å². The predicted molar refractivity (Wildman–Crippen MR) is 117 cm³/mol. The summed E-state index contributed by atoms with van der Waals surface area (Å²) in [6, 6.07) is 13.5. The van der Waals surface area contributed by atoms with Crippen LogP contribution in [-0.2, 0) is 4.79 Å². The van der Waals surface area contributed by atoms with Crippen molar-refractivity contribution in [1.82, 2.24) is 0 Å². The lowest BCUT2D eigenvalue weighted by molar-refractivity contribution is -0.113. The van der Waals surface area contributed by atoms with Crippen molar-refractivity contribution >= 4 is 28.9 Å². The van der Waals surface area contributed by atoms with Gasteiger partial charge < -0.3 is 19.9 Å². The van der Waals surface area contributed by atoms with Gasteiger partial charge in [0.1, 0.15) is 5.75 Å². The Balaban J connectivity index is 1.57. The average molecular weight is 413 g/mol. The number of benzene rings is 2. The molecule has 1 aliphatic heterocycles. The molecule has 0 bridgehead atoms. The van der Waals surface area contributed by atoms with Crippen LogP contribution in [0.2, 0.25) is 0 Å². The molecule has 0 aliphatic carbocycles. The molecule has 3 rings (SSSR count). The molecular formula is C22H24N2O4S. The van der Waals surface area contributed by atoms with Crippen LogP contribution >= 0.6 is 11.8 Å². The van der Waals surface area contributed by atoms with Crippen molar-refractivity contribution in [2.45, 2.75) is 20.3 Å². The van der Waals surface area contributed by atoms with Crippen molar-refractivity contribution in [2.24, 2.45) is 10.7 Å². The van der Waals surface area contributed by atoms with Crippen LogP contribution in [-0.4, -0.2) is 30.9 Å². The number of carbonyl (C=O) groups is 1. The fourth-order valence-electron chi connectivity index (χ4n) is 2.72. The molecule has 0 radical (unpaired) electrons. The minimum atomic E-state index is -0.320. The standard InChI is InChI=1S/C22H24N2O4S/c1-3-26-19-13-16(14-20-21(25)24-22(23)29-20)9-10-18(19)28-12-6-11-27-17-8-5-4-7-15(17)2/h4-5,7-10,13-14H,3,6,11-12H2,1-2H3,(H2,23,24,25)/b20-14+. The van der Waals surface area contributed by atoms with Gasteiger partial charge in [-0.05, 0) is 61.0 Å². The first-order valence-corrected chi connectivity index (χ1v) is 10.2. The van der Waals surface area contributed by atoms with E-state index in [9.17, 15) is 4.79 Å². The minimum absolute atomic E-state index is 0.263. The molecule has 7 heteroatoms. The molecule has 0 saturated carbocycles. The number of aliphatic imine (C=N–C) groups is 1. The highest BCUT2D eigenvalue weighted by molar-refractivity contribution is 8.18. The molecule has 1 aliphatic rings. The van der Waals surface area contributed by atoms with Gasteiger partial charge in [-0.15, -0.1) is 0 Å². The zero-order chi connectivity index (χ0) is 20.6. The molecule has 0 aromatic heterocycles. The molecule has 2 N–H and O–H groups in total. The summed E-state index contributed by atoms with van der Waals surface area (Å²) in [4.78, 5) is 16.0. The highest BCUT2D eigenvalue weighted by atomic mass is 32.2. The Labute approximate surface area is 174 Å². The number of nitrogens with zero attached hydrogens (tertiary/aromatic N) is 1. The lowest BCUT2D eigenvalue weighted by Crippen LogP contribution is -2.06. The number of nitrogens with two attached hydrogens (primary N) is 1. The molecule has 0 saturated heterocycles. The Morgan fingerprint density at radius 1 is 1.03 bits per heavy atom. The van der Waals surface area contributed by atoms with E-state index in [1.54, 1.807) is 6.08 Å². The molecular weight excluding hydrogens is 388 g/mol. The third-order valence-corrected chi connectivity index (χ3v) is 4.91. The fraction of sp³-hybridized carbons (Fsp3) is 0.273. The molecule has 2 aromatic rings. The van der Waals surface area contributed by atoms with Crippen LogP contribution < -0.4 is 19.9 Å². The van der Waals surface area contributed by atoms with Gasteiger partial charge in [-0.3, -0.25) is 4.79 Å². The average Bonchev–Trinajstić information content (AvgIpc) is 3.01. The first-order valence-electron chi connectivity index (χ1n) is 9.43. The third kappa shape index (κ3) is 5.77. The number of hydrogen-bond donors (Lipinski definition) is 1. The second-order valence-corrected chi connectivity index (χ2v) is 7.38. The number of amidine groups is 1. The van der Waals surface area contributed by atoms with Crippen LogP contribution in [0.1, 0.15) is 24.5 Å². The SMILES string of the molecule is CCOc1cc(/C=C2/SC(N)=NC2=O)ccc1OCCCOc1ccccc1C. The second kappa shape index (κ2) is 10.0. The molecule has 6 nitrogen and oxygen atoms in total. The Morgan fingerprint density at radius 2 is 1.79 bits per heavy atom. The van der Waals surface area contributed by atoms with Gasteiger partial charge in [-0.25, -0.2) is 0 Å². The molecule has 29 heavy (non-hydrogen) atoms. The van der Waals surface area contributed by atoms with Crippen molar-refractivity contribution in [3.8, 4) is 17.2 Å². The smallest absolute Gasteiger partial charge is 0.286 e. The molecule has 152 valence electrons. The predicted octanol–water partition coefficient (Wildman–Crippen LogP) is 4.17. The summed E-state index contributed by atoms with van der Waals surface area (Å²) in [5, 5.41) is 0.263. The number of hydrogen-bond acceptors (Lipinski definition) is 6. The quantitative estimate of drug-likeness (QED) is 0.492. The van der Waals surface area contributed by atoms with E-state index in [1.165, 1.54) is 0 Å². The van der Waals surface area contributed by atoms with Gasteiger partial charge in [0, 0.05) is 6.42 Å². The van der Waals surface area contributed by atoms with E-state index >= 15 is 0 Å². The highest BCUT2D eigenvalue weighted by Gasteiger charge is 2.19. The van der Waals surface area contributed by atoms with Gasteiger partial charge in [0.25, 0.3) is 5.91 Å². The van der Waals surface area contributed by atoms with E-state index in [1.807, 2.05) is 56.3 Å². The Morgan fingerprint density at radius 3 is 2.48 bits per heavy atom. The summed E-state index contributed by atoms with van der Waals surface area (Å²) in [6.45, 7) is 5.52. The van der Waals surface area contributed by atoms with E-state index in [2.05, 4.69) is 4.99 Å². The fourth-order valence-corrected chi connectivity index (χ4v) is 3.40. The second-order valence-electron chi connectivity index (χ2n) is 6.32. The monoisotopic (exact) mass is 412 g/mol. The van der Waals surface area contributed by atoms with Crippen molar-refractivity contribution < 1.29 is 19.0 Å². The number of carbonyl (C=O) groups excluding carboxylic acids is 1. The maximum absolute atomic E-state index is 11.8. The van der Waals surface area contributed by atoms with Crippen LogP contribution in [0.15, 0.2) is 52.4 Å². The third-order valence-electron chi connectivity index (χ3n) is 4.10. The van der Waals surface area contributed by atoms with Gasteiger partial charge in [0.05, 0.1) is 24.7 Å². The number of para-hydroxylation sites is 1. The summed E-state index contributed by atoms with van der Waals surface area (Å²) >= 11 is 1.16. The molecule has 1 heterocycles. The number of thioether (sulfide) groups is 1. The van der Waals surface area contributed by atoms with Crippen molar-refractivity contribution in [3.63, 3.8) is 0 Å². The van der Waals surface area contributed by atoms with Gasteiger partial charge in [0.2, 0.25) is 0 Å². The van der Waals surface area contributed by atoms with Crippen molar-refractivity contribution in [3.05, 3.63) is 58.5 Å².